The highest BCUT2D eigenvalue weighted by molar-refractivity contribution is 5.79. The van der Waals surface area contributed by atoms with E-state index >= 15 is 0 Å². The van der Waals surface area contributed by atoms with Gasteiger partial charge in [0.1, 0.15) is 12.1 Å². The molecule has 2 aromatic carbocycles. The van der Waals surface area contributed by atoms with E-state index in [0.29, 0.717) is 12.5 Å². The summed E-state index contributed by atoms with van der Waals surface area (Å²) in [6, 6.07) is 16.5. The number of H-pyrrole nitrogens is 1. The zero-order valence-electron chi connectivity index (χ0n) is 17.9. The van der Waals surface area contributed by atoms with E-state index in [1.54, 1.807) is 7.11 Å². The molecule has 1 unspecified atom stereocenters. The van der Waals surface area contributed by atoms with Gasteiger partial charge in [-0.2, -0.15) is 5.10 Å². The number of rotatable bonds is 9. The van der Waals surface area contributed by atoms with E-state index in [2.05, 4.69) is 63.9 Å². The van der Waals surface area contributed by atoms with Crippen LogP contribution in [0.5, 0.6) is 5.75 Å². The van der Waals surface area contributed by atoms with Crippen molar-refractivity contribution in [3.8, 4) is 17.1 Å². The van der Waals surface area contributed by atoms with Gasteiger partial charge in [0.25, 0.3) is 0 Å². The van der Waals surface area contributed by atoms with Gasteiger partial charge in [0, 0.05) is 18.7 Å². The number of methoxy groups -OCH3 is 1. The van der Waals surface area contributed by atoms with E-state index in [1.807, 2.05) is 24.3 Å². The molecule has 0 saturated carbocycles. The second-order valence-electron chi connectivity index (χ2n) is 7.12. The maximum absolute atomic E-state index is 5.24. The molecule has 7 heteroatoms. The molecule has 3 N–H and O–H groups in total. The van der Waals surface area contributed by atoms with Gasteiger partial charge in [-0.3, -0.25) is 5.10 Å². The topological polar surface area (TPSA) is 87.2 Å². The third kappa shape index (κ3) is 6.07. The number of benzene rings is 2. The summed E-state index contributed by atoms with van der Waals surface area (Å²) in [5.41, 5.74) is 3.43. The van der Waals surface area contributed by atoms with Crippen molar-refractivity contribution in [2.24, 2.45) is 4.99 Å². The smallest absolute Gasteiger partial charge is 0.191 e. The van der Waals surface area contributed by atoms with Crippen LogP contribution in [0.1, 0.15) is 37.3 Å². The minimum Gasteiger partial charge on any atom is -0.497 e. The molecular weight excluding hydrogens is 376 g/mol. The minimum absolute atomic E-state index is 0.449. The maximum atomic E-state index is 5.24. The lowest BCUT2D eigenvalue weighted by atomic mass is 9.98. The molecule has 1 heterocycles. The highest BCUT2D eigenvalue weighted by Crippen LogP contribution is 2.21. The lowest BCUT2D eigenvalue weighted by molar-refractivity contribution is 0.414. The van der Waals surface area contributed by atoms with Gasteiger partial charge in [-0.05, 0) is 48.6 Å². The molecule has 158 valence electrons. The zero-order chi connectivity index (χ0) is 21.2. The maximum Gasteiger partial charge on any atom is 0.191 e. The van der Waals surface area contributed by atoms with Crippen molar-refractivity contribution < 1.29 is 4.74 Å². The first-order chi connectivity index (χ1) is 14.7. The van der Waals surface area contributed by atoms with Crippen LogP contribution in [0.15, 0.2) is 59.9 Å². The molecule has 0 fully saturated rings. The molecule has 0 spiro atoms. The Morgan fingerprint density at radius 2 is 2.00 bits per heavy atom. The Balaban J connectivity index is 1.55. The summed E-state index contributed by atoms with van der Waals surface area (Å²) in [4.78, 5) is 8.94. The highest BCUT2D eigenvalue weighted by Gasteiger charge is 2.07. The number of hydrogen-bond donors (Lipinski definition) is 3. The van der Waals surface area contributed by atoms with Crippen molar-refractivity contribution in [1.82, 2.24) is 25.8 Å². The highest BCUT2D eigenvalue weighted by atomic mass is 16.5. The fourth-order valence-corrected chi connectivity index (χ4v) is 3.18. The number of hydrogen-bond acceptors (Lipinski definition) is 4. The predicted octanol–water partition coefficient (Wildman–Crippen LogP) is 3.73. The Bertz CT molecular complexity index is 921. The molecule has 0 bridgehead atoms. The second-order valence-corrected chi connectivity index (χ2v) is 7.12. The Hall–Kier alpha value is -3.35. The van der Waals surface area contributed by atoms with E-state index < -0.39 is 0 Å². The Labute approximate surface area is 178 Å². The van der Waals surface area contributed by atoms with Crippen molar-refractivity contribution in [2.75, 3.05) is 20.2 Å². The Kier molecular flexibility index (Phi) is 7.83. The zero-order valence-corrected chi connectivity index (χ0v) is 17.9. The fraction of sp³-hybridized carbons (Fsp3) is 0.348. The SMILES string of the molecule is CCNC(=NCc1cccc(-c2ncn[nH]2)c1)NCCC(C)c1ccc(OC)cc1. The number of aromatic amines is 1. The molecule has 0 aliphatic heterocycles. The number of nitrogens with one attached hydrogen (secondary N) is 3. The summed E-state index contributed by atoms with van der Waals surface area (Å²) in [6.45, 7) is 6.56. The first kappa shape index (κ1) is 21.4. The summed E-state index contributed by atoms with van der Waals surface area (Å²) in [5, 5.41) is 13.6. The largest absolute Gasteiger partial charge is 0.497 e. The number of nitrogens with zero attached hydrogens (tertiary/aromatic N) is 3. The monoisotopic (exact) mass is 406 g/mol. The summed E-state index contributed by atoms with van der Waals surface area (Å²) < 4.78 is 5.24. The Morgan fingerprint density at radius 1 is 1.17 bits per heavy atom. The van der Waals surface area contributed by atoms with Gasteiger partial charge in [0.15, 0.2) is 11.8 Å². The standard InChI is InChI=1S/C23H30N6O/c1-4-24-23(25-13-12-17(2)19-8-10-21(30-3)11-9-19)26-15-18-6-5-7-20(14-18)22-27-16-28-29-22/h5-11,14,16-17H,4,12-13,15H2,1-3H3,(H2,24,25,26)(H,27,28,29). The average Bonchev–Trinajstić information content (AvgIpc) is 3.33. The molecule has 3 rings (SSSR count). The molecule has 1 atom stereocenters. The van der Waals surface area contributed by atoms with Crippen LogP contribution in [0.2, 0.25) is 0 Å². The number of ether oxygens (including phenoxy) is 1. The molecule has 7 nitrogen and oxygen atoms in total. The molecule has 0 aliphatic carbocycles. The minimum atomic E-state index is 0.449. The molecular formula is C23H30N6O. The van der Waals surface area contributed by atoms with Crippen LogP contribution in [-0.2, 0) is 6.54 Å². The molecule has 0 saturated heterocycles. The summed E-state index contributed by atoms with van der Waals surface area (Å²) in [7, 11) is 1.69. The quantitative estimate of drug-likeness (QED) is 0.372. The Morgan fingerprint density at radius 3 is 2.70 bits per heavy atom. The second kappa shape index (κ2) is 11.0. The van der Waals surface area contributed by atoms with E-state index in [0.717, 1.165) is 48.2 Å². The van der Waals surface area contributed by atoms with E-state index in [9.17, 15) is 0 Å². The van der Waals surface area contributed by atoms with E-state index in [-0.39, 0.29) is 0 Å². The van der Waals surface area contributed by atoms with Crippen LogP contribution < -0.4 is 15.4 Å². The van der Waals surface area contributed by atoms with Crippen LogP contribution in [0.4, 0.5) is 0 Å². The van der Waals surface area contributed by atoms with Crippen LogP contribution in [0.3, 0.4) is 0 Å². The number of aromatic nitrogens is 3. The summed E-state index contributed by atoms with van der Waals surface area (Å²) >= 11 is 0. The lowest BCUT2D eigenvalue weighted by Gasteiger charge is -2.15. The van der Waals surface area contributed by atoms with E-state index in [4.69, 9.17) is 9.73 Å². The van der Waals surface area contributed by atoms with Gasteiger partial charge in [0.05, 0.1) is 13.7 Å². The molecule has 0 amide bonds. The molecule has 30 heavy (non-hydrogen) atoms. The van der Waals surface area contributed by atoms with Crippen LogP contribution in [0, 0.1) is 0 Å². The third-order valence-electron chi connectivity index (χ3n) is 4.93. The molecule has 0 aliphatic rings. The lowest BCUT2D eigenvalue weighted by Crippen LogP contribution is -2.38. The summed E-state index contributed by atoms with van der Waals surface area (Å²) in [5.74, 6) is 2.92. The van der Waals surface area contributed by atoms with E-state index in [1.165, 1.54) is 11.9 Å². The first-order valence-electron chi connectivity index (χ1n) is 10.3. The number of guanidine groups is 1. The average molecular weight is 407 g/mol. The first-order valence-corrected chi connectivity index (χ1v) is 10.3. The molecule has 0 radical (unpaired) electrons. The predicted molar refractivity (Wildman–Crippen MR) is 121 cm³/mol. The normalized spacial score (nSPS) is 12.4. The van der Waals surface area contributed by atoms with Crippen molar-refractivity contribution >= 4 is 5.96 Å². The van der Waals surface area contributed by atoms with Gasteiger partial charge in [-0.25, -0.2) is 9.98 Å². The van der Waals surface area contributed by atoms with Gasteiger partial charge in [-0.1, -0.05) is 37.3 Å². The fourth-order valence-electron chi connectivity index (χ4n) is 3.18. The van der Waals surface area contributed by atoms with Gasteiger partial charge >= 0.3 is 0 Å². The molecule has 1 aromatic heterocycles. The van der Waals surface area contributed by atoms with Crippen molar-refractivity contribution in [3.05, 3.63) is 66.0 Å². The van der Waals surface area contributed by atoms with Crippen molar-refractivity contribution in [2.45, 2.75) is 32.7 Å². The van der Waals surface area contributed by atoms with Crippen molar-refractivity contribution in [1.29, 1.82) is 0 Å². The van der Waals surface area contributed by atoms with Crippen LogP contribution >= 0.6 is 0 Å². The van der Waals surface area contributed by atoms with Crippen molar-refractivity contribution in [3.63, 3.8) is 0 Å². The van der Waals surface area contributed by atoms with Crippen LogP contribution in [0.25, 0.3) is 11.4 Å². The molecule has 3 aromatic rings. The van der Waals surface area contributed by atoms with Crippen LogP contribution in [-0.4, -0.2) is 41.3 Å². The van der Waals surface area contributed by atoms with Gasteiger partial charge in [-0.15, -0.1) is 0 Å². The number of aliphatic imine (C=N–C) groups is 1. The van der Waals surface area contributed by atoms with Gasteiger partial charge in [0.2, 0.25) is 0 Å². The summed E-state index contributed by atoms with van der Waals surface area (Å²) in [6.07, 6.45) is 2.53. The third-order valence-corrected chi connectivity index (χ3v) is 4.93. The van der Waals surface area contributed by atoms with Gasteiger partial charge < -0.3 is 15.4 Å².